The van der Waals surface area contributed by atoms with Crippen LogP contribution in [0.5, 0.6) is 11.5 Å². The van der Waals surface area contributed by atoms with Gasteiger partial charge in [0.25, 0.3) is 0 Å². The van der Waals surface area contributed by atoms with Gasteiger partial charge in [-0.2, -0.15) is 0 Å². The third kappa shape index (κ3) is 4.24. The maximum Gasteiger partial charge on any atom is 0.167 e. The quantitative estimate of drug-likeness (QED) is 0.780. The lowest BCUT2D eigenvalue weighted by atomic mass is 10.2. The fourth-order valence-electron chi connectivity index (χ4n) is 1.84. The summed E-state index contributed by atoms with van der Waals surface area (Å²) in [6, 6.07) is 12.5. The van der Waals surface area contributed by atoms with Gasteiger partial charge in [0.05, 0.1) is 7.11 Å². The summed E-state index contributed by atoms with van der Waals surface area (Å²) < 4.78 is 23.9. The van der Waals surface area contributed by atoms with Crippen LogP contribution in [0.4, 0.5) is 10.1 Å². The maximum absolute atomic E-state index is 13.6. The highest BCUT2D eigenvalue weighted by Gasteiger charge is 2.03. The molecular formula is C17H18FNO2. The Morgan fingerprint density at radius 2 is 1.95 bits per heavy atom. The van der Waals surface area contributed by atoms with Crippen LogP contribution >= 0.6 is 0 Å². The molecule has 0 saturated heterocycles. The van der Waals surface area contributed by atoms with Crippen LogP contribution in [0.2, 0.25) is 0 Å². The zero-order valence-corrected chi connectivity index (χ0v) is 11.9. The second-order valence-corrected chi connectivity index (χ2v) is 4.45. The van der Waals surface area contributed by atoms with Crippen LogP contribution in [-0.4, -0.2) is 13.7 Å². The molecule has 0 aliphatic carbocycles. The van der Waals surface area contributed by atoms with Crippen molar-refractivity contribution in [3.05, 3.63) is 66.5 Å². The lowest BCUT2D eigenvalue weighted by Crippen LogP contribution is -2.00. The predicted molar refractivity (Wildman–Crippen MR) is 82.4 cm³/mol. The van der Waals surface area contributed by atoms with Gasteiger partial charge in [-0.1, -0.05) is 24.8 Å². The molecule has 0 saturated carbocycles. The van der Waals surface area contributed by atoms with Gasteiger partial charge in [-0.25, -0.2) is 4.39 Å². The Balaban J connectivity index is 1.93. The number of rotatable bonds is 7. The van der Waals surface area contributed by atoms with E-state index in [2.05, 4.69) is 11.9 Å². The number of anilines is 1. The highest BCUT2D eigenvalue weighted by Crippen LogP contribution is 2.21. The molecule has 0 heterocycles. The summed E-state index contributed by atoms with van der Waals surface area (Å²) in [5.41, 5.74) is 1.79. The molecule has 3 nitrogen and oxygen atoms in total. The number of nitrogens with one attached hydrogen (secondary N) is 1. The normalized spacial score (nSPS) is 10.0. The molecule has 0 aliphatic rings. The molecule has 21 heavy (non-hydrogen) atoms. The molecule has 0 unspecified atom stereocenters. The monoisotopic (exact) mass is 287 g/mol. The molecule has 110 valence electrons. The van der Waals surface area contributed by atoms with Crippen LogP contribution in [0, 0.1) is 5.82 Å². The average Bonchev–Trinajstić information content (AvgIpc) is 2.52. The largest absolute Gasteiger partial charge is 0.494 e. The smallest absolute Gasteiger partial charge is 0.167 e. The Morgan fingerprint density at radius 1 is 1.19 bits per heavy atom. The summed E-state index contributed by atoms with van der Waals surface area (Å²) in [7, 11) is 1.45. The second kappa shape index (κ2) is 7.33. The minimum atomic E-state index is -0.379. The Morgan fingerprint density at radius 3 is 2.57 bits per heavy atom. The van der Waals surface area contributed by atoms with E-state index in [1.54, 1.807) is 18.2 Å². The fraction of sp³-hybridized carbons (Fsp3) is 0.176. The fourth-order valence-corrected chi connectivity index (χ4v) is 1.84. The van der Waals surface area contributed by atoms with E-state index in [4.69, 9.17) is 9.47 Å². The summed E-state index contributed by atoms with van der Waals surface area (Å²) in [5, 5.41) is 3.16. The molecule has 1 N–H and O–H groups in total. The van der Waals surface area contributed by atoms with Gasteiger partial charge in [-0.3, -0.25) is 0 Å². The van der Waals surface area contributed by atoms with Crippen molar-refractivity contribution in [1.82, 2.24) is 0 Å². The molecule has 0 bridgehead atoms. The summed E-state index contributed by atoms with van der Waals surface area (Å²) in [4.78, 5) is 0. The Hall–Kier alpha value is -2.49. The molecule has 2 rings (SSSR count). The van der Waals surface area contributed by atoms with Crippen LogP contribution in [-0.2, 0) is 6.54 Å². The highest BCUT2D eigenvalue weighted by molar-refractivity contribution is 5.47. The molecule has 0 aliphatic heterocycles. The van der Waals surface area contributed by atoms with E-state index in [9.17, 15) is 4.39 Å². The summed E-state index contributed by atoms with van der Waals surface area (Å²) >= 11 is 0. The Labute approximate surface area is 124 Å². The van der Waals surface area contributed by atoms with Gasteiger partial charge in [0.1, 0.15) is 12.4 Å². The zero-order chi connectivity index (χ0) is 15.1. The third-order valence-electron chi connectivity index (χ3n) is 2.94. The first-order chi connectivity index (χ1) is 10.2. The van der Waals surface area contributed by atoms with Crippen molar-refractivity contribution in [2.75, 3.05) is 19.0 Å². The molecule has 0 spiro atoms. The van der Waals surface area contributed by atoms with E-state index in [0.29, 0.717) is 18.8 Å². The lowest BCUT2D eigenvalue weighted by Gasteiger charge is -2.09. The predicted octanol–water partition coefficient (Wildman–Crippen LogP) is 4.01. The SMILES string of the molecule is C=CCOc1ccc(CNc2ccc(OC)c(F)c2)cc1. The van der Waals surface area contributed by atoms with Gasteiger partial charge in [0.15, 0.2) is 11.6 Å². The molecule has 0 radical (unpaired) electrons. The van der Waals surface area contributed by atoms with Crippen molar-refractivity contribution in [2.45, 2.75) is 6.54 Å². The number of ether oxygens (including phenoxy) is 2. The molecule has 0 aromatic heterocycles. The molecule has 0 fully saturated rings. The molecule has 2 aromatic carbocycles. The van der Waals surface area contributed by atoms with E-state index >= 15 is 0 Å². The van der Waals surface area contributed by atoms with Gasteiger partial charge < -0.3 is 14.8 Å². The van der Waals surface area contributed by atoms with Crippen molar-refractivity contribution < 1.29 is 13.9 Å². The van der Waals surface area contributed by atoms with E-state index in [1.165, 1.54) is 13.2 Å². The van der Waals surface area contributed by atoms with Crippen molar-refractivity contribution in [1.29, 1.82) is 0 Å². The van der Waals surface area contributed by atoms with Crippen molar-refractivity contribution in [3.8, 4) is 11.5 Å². The first-order valence-corrected chi connectivity index (χ1v) is 6.63. The number of benzene rings is 2. The van der Waals surface area contributed by atoms with Crippen LogP contribution in [0.1, 0.15) is 5.56 Å². The number of methoxy groups -OCH3 is 1. The van der Waals surface area contributed by atoms with Crippen LogP contribution in [0.15, 0.2) is 55.1 Å². The zero-order valence-electron chi connectivity index (χ0n) is 11.9. The standard InChI is InChI=1S/C17H18FNO2/c1-3-10-21-15-7-4-13(5-8-15)12-19-14-6-9-17(20-2)16(18)11-14/h3-9,11,19H,1,10,12H2,2H3. The molecule has 2 aromatic rings. The molecular weight excluding hydrogens is 269 g/mol. The van der Waals surface area contributed by atoms with Crippen molar-refractivity contribution in [3.63, 3.8) is 0 Å². The van der Waals surface area contributed by atoms with Crippen LogP contribution in [0.25, 0.3) is 0 Å². The van der Waals surface area contributed by atoms with Gasteiger partial charge in [0.2, 0.25) is 0 Å². The Bertz CT molecular complexity index is 596. The minimum absolute atomic E-state index is 0.240. The van der Waals surface area contributed by atoms with E-state index in [-0.39, 0.29) is 11.6 Å². The summed E-state index contributed by atoms with van der Waals surface area (Å²) in [6.45, 7) is 4.69. The van der Waals surface area contributed by atoms with Crippen LogP contribution in [0.3, 0.4) is 0 Å². The van der Waals surface area contributed by atoms with Gasteiger partial charge >= 0.3 is 0 Å². The van der Waals surface area contributed by atoms with E-state index in [0.717, 1.165) is 11.3 Å². The number of hydrogen-bond acceptors (Lipinski definition) is 3. The Kier molecular flexibility index (Phi) is 5.21. The number of hydrogen-bond donors (Lipinski definition) is 1. The topological polar surface area (TPSA) is 30.5 Å². The first-order valence-electron chi connectivity index (χ1n) is 6.63. The van der Waals surface area contributed by atoms with Crippen molar-refractivity contribution >= 4 is 5.69 Å². The van der Waals surface area contributed by atoms with Gasteiger partial charge in [-0.15, -0.1) is 0 Å². The average molecular weight is 287 g/mol. The van der Waals surface area contributed by atoms with Gasteiger partial charge in [-0.05, 0) is 29.8 Å². The second-order valence-electron chi connectivity index (χ2n) is 4.45. The molecule has 0 amide bonds. The van der Waals surface area contributed by atoms with E-state index < -0.39 is 0 Å². The third-order valence-corrected chi connectivity index (χ3v) is 2.94. The van der Waals surface area contributed by atoms with Crippen molar-refractivity contribution in [2.24, 2.45) is 0 Å². The number of halogens is 1. The first kappa shape index (κ1) is 14.9. The maximum atomic E-state index is 13.6. The van der Waals surface area contributed by atoms with Crippen LogP contribution < -0.4 is 14.8 Å². The highest BCUT2D eigenvalue weighted by atomic mass is 19.1. The minimum Gasteiger partial charge on any atom is -0.494 e. The summed E-state index contributed by atoms with van der Waals surface area (Å²) in [5.74, 6) is 0.661. The molecule has 0 atom stereocenters. The molecule has 4 heteroatoms. The summed E-state index contributed by atoms with van der Waals surface area (Å²) in [6.07, 6.45) is 1.70. The van der Waals surface area contributed by atoms with Gasteiger partial charge in [0, 0.05) is 18.3 Å². The van der Waals surface area contributed by atoms with E-state index in [1.807, 2.05) is 24.3 Å². The lowest BCUT2D eigenvalue weighted by molar-refractivity contribution is 0.363.